The normalized spacial score (nSPS) is 11.4. The van der Waals surface area contributed by atoms with Crippen molar-refractivity contribution in [1.29, 1.82) is 0 Å². The van der Waals surface area contributed by atoms with Crippen LogP contribution in [-0.4, -0.2) is 4.98 Å². The van der Waals surface area contributed by atoms with Gasteiger partial charge in [0.05, 0.1) is 0 Å². The van der Waals surface area contributed by atoms with Gasteiger partial charge in [-0.1, -0.05) is 39.3 Å². The maximum Gasteiger partial charge on any atom is 0.0460 e. The minimum absolute atomic E-state index is 0.132. The SMILES string of the molecule is CCc1cc(C(C)(C)C)ncc1C=C(C)C. The van der Waals surface area contributed by atoms with Crippen molar-refractivity contribution in [3.05, 3.63) is 34.7 Å². The third-order valence-corrected chi connectivity index (χ3v) is 2.62. The summed E-state index contributed by atoms with van der Waals surface area (Å²) in [5, 5.41) is 0. The van der Waals surface area contributed by atoms with Crippen molar-refractivity contribution in [3.63, 3.8) is 0 Å². The lowest BCUT2D eigenvalue weighted by molar-refractivity contribution is 0.567. The van der Waals surface area contributed by atoms with Crippen LogP contribution < -0.4 is 0 Å². The first-order chi connectivity index (χ1) is 7.34. The number of nitrogens with zero attached hydrogens (tertiary/aromatic N) is 1. The van der Waals surface area contributed by atoms with Crippen molar-refractivity contribution in [2.24, 2.45) is 0 Å². The number of rotatable bonds is 2. The molecule has 0 spiro atoms. The monoisotopic (exact) mass is 217 g/mol. The number of allylic oxidation sites excluding steroid dienone is 1. The average molecular weight is 217 g/mol. The zero-order chi connectivity index (χ0) is 12.3. The van der Waals surface area contributed by atoms with Crippen LogP contribution in [0.4, 0.5) is 0 Å². The third-order valence-electron chi connectivity index (χ3n) is 2.62. The lowest BCUT2D eigenvalue weighted by Gasteiger charge is -2.19. The Morgan fingerprint density at radius 1 is 1.31 bits per heavy atom. The molecule has 0 saturated carbocycles. The van der Waals surface area contributed by atoms with E-state index in [0.29, 0.717) is 0 Å². The summed E-state index contributed by atoms with van der Waals surface area (Å²) < 4.78 is 0. The standard InChI is InChI=1S/C15H23N/c1-7-12-9-14(15(4,5)6)16-10-13(12)8-11(2)3/h8-10H,7H2,1-6H3. The molecule has 1 aromatic heterocycles. The molecule has 0 aliphatic rings. The Morgan fingerprint density at radius 2 is 1.94 bits per heavy atom. The Balaban J connectivity index is 3.22. The summed E-state index contributed by atoms with van der Waals surface area (Å²) in [5.41, 5.74) is 5.28. The van der Waals surface area contributed by atoms with Gasteiger partial charge in [0.2, 0.25) is 0 Å². The van der Waals surface area contributed by atoms with Crippen LogP contribution in [0.5, 0.6) is 0 Å². The first-order valence-electron chi connectivity index (χ1n) is 5.99. The molecule has 0 amide bonds. The van der Waals surface area contributed by atoms with E-state index >= 15 is 0 Å². The largest absolute Gasteiger partial charge is 0.260 e. The number of aryl methyl sites for hydroxylation is 1. The van der Waals surface area contributed by atoms with E-state index in [1.54, 1.807) is 0 Å². The van der Waals surface area contributed by atoms with E-state index in [-0.39, 0.29) is 5.41 Å². The topological polar surface area (TPSA) is 12.9 Å². The number of hydrogen-bond acceptors (Lipinski definition) is 1. The molecule has 0 aliphatic heterocycles. The molecular weight excluding hydrogens is 194 g/mol. The molecule has 16 heavy (non-hydrogen) atoms. The maximum atomic E-state index is 4.57. The Hall–Kier alpha value is -1.11. The first kappa shape index (κ1) is 13.0. The highest BCUT2D eigenvalue weighted by molar-refractivity contribution is 5.55. The minimum Gasteiger partial charge on any atom is -0.260 e. The van der Waals surface area contributed by atoms with E-state index in [9.17, 15) is 0 Å². The summed E-state index contributed by atoms with van der Waals surface area (Å²) in [7, 11) is 0. The van der Waals surface area contributed by atoms with Gasteiger partial charge in [-0.15, -0.1) is 0 Å². The van der Waals surface area contributed by atoms with Gasteiger partial charge >= 0.3 is 0 Å². The molecule has 1 heterocycles. The molecule has 0 saturated heterocycles. The van der Waals surface area contributed by atoms with Crippen LogP contribution in [0.25, 0.3) is 6.08 Å². The molecule has 0 atom stereocenters. The van der Waals surface area contributed by atoms with E-state index in [4.69, 9.17) is 0 Å². The van der Waals surface area contributed by atoms with Crippen LogP contribution in [0.3, 0.4) is 0 Å². The van der Waals surface area contributed by atoms with Crippen molar-refractivity contribution < 1.29 is 0 Å². The molecule has 0 N–H and O–H groups in total. The van der Waals surface area contributed by atoms with E-state index < -0.39 is 0 Å². The van der Waals surface area contributed by atoms with Crippen molar-refractivity contribution in [2.45, 2.75) is 53.4 Å². The zero-order valence-corrected chi connectivity index (χ0v) is 11.4. The molecular formula is C15H23N. The summed E-state index contributed by atoms with van der Waals surface area (Å²) in [5.74, 6) is 0. The van der Waals surface area contributed by atoms with Gasteiger partial charge in [-0.3, -0.25) is 4.98 Å². The van der Waals surface area contributed by atoms with E-state index in [1.807, 2.05) is 6.20 Å². The van der Waals surface area contributed by atoms with Gasteiger partial charge in [0.15, 0.2) is 0 Å². The summed E-state index contributed by atoms with van der Waals surface area (Å²) in [6.45, 7) is 13.1. The summed E-state index contributed by atoms with van der Waals surface area (Å²) in [6, 6.07) is 2.24. The van der Waals surface area contributed by atoms with Crippen molar-refractivity contribution in [1.82, 2.24) is 4.98 Å². The van der Waals surface area contributed by atoms with Crippen LogP contribution in [0.15, 0.2) is 17.8 Å². The van der Waals surface area contributed by atoms with Crippen LogP contribution in [-0.2, 0) is 11.8 Å². The Kier molecular flexibility index (Phi) is 3.90. The molecule has 0 radical (unpaired) electrons. The van der Waals surface area contributed by atoms with Crippen LogP contribution >= 0.6 is 0 Å². The number of pyridine rings is 1. The Labute approximate surface area is 99.6 Å². The predicted octanol–water partition coefficient (Wildman–Crippen LogP) is 4.36. The van der Waals surface area contributed by atoms with Gasteiger partial charge in [0.1, 0.15) is 0 Å². The highest BCUT2D eigenvalue weighted by Crippen LogP contribution is 2.23. The Morgan fingerprint density at radius 3 is 2.38 bits per heavy atom. The third kappa shape index (κ3) is 3.19. The highest BCUT2D eigenvalue weighted by Gasteiger charge is 2.16. The lowest BCUT2D eigenvalue weighted by atomic mass is 9.89. The zero-order valence-electron chi connectivity index (χ0n) is 11.4. The molecule has 1 nitrogen and oxygen atoms in total. The second kappa shape index (κ2) is 4.82. The predicted molar refractivity (Wildman–Crippen MR) is 71.6 cm³/mol. The molecule has 0 unspecified atom stereocenters. The van der Waals surface area contributed by atoms with Crippen LogP contribution in [0.1, 0.15) is 58.4 Å². The second-order valence-electron chi connectivity index (χ2n) is 5.59. The molecule has 0 aromatic carbocycles. The molecule has 88 valence electrons. The summed E-state index contributed by atoms with van der Waals surface area (Å²) in [4.78, 5) is 4.57. The second-order valence-corrected chi connectivity index (χ2v) is 5.59. The maximum absolute atomic E-state index is 4.57. The molecule has 1 heteroatoms. The molecule has 0 fully saturated rings. The van der Waals surface area contributed by atoms with E-state index in [0.717, 1.165) is 6.42 Å². The highest BCUT2D eigenvalue weighted by atomic mass is 14.7. The fraction of sp³-hybridized carbons (Fsp3) is 0.533. The quantitative estimate of drug-likeness (QED) is 0.717. The summed E-state index contributed by atoms with van der Waals surface area (Å²) in [6.07, 6.45) is 5.27. The minimum atomic E-state index is 0.132. The van der Waals surface area contributed by atoms with Gasteiger partial charge in [0.25, 0.3) is 0 Å². The van der Waals surface area contributed by atoms with Crippen molar-refractivity contribution in [3.8, 4) is 0 Å². The van der Waals surface area contributed by atoms with E-state index in [1.165, 1.54) is 22.4 Å². The molecule has 0 aliphatic carbocycles. The van der Waals surface area contributed by atoms with Gasteiger partial charge < -0.3 is 0 Å². The number of hydrogen-bond donors (Lipinski definition) is 0. The Bertz CT molecular complexity index is 390. The summed E-state index contributed by atoms with van der Waals surface area (Å²) >= 11 is 0. The molecule has 0 bridgehead atoms. The lowest BCUT2D eigenvalue weighted by Crippen LogP contribution is -2.14. The fourth-order valence-electron chi connectivity index (χ4n) is 1.66. The van der Waals surface area contributed by atoms with Crippen LogP contribution in [0.2, 0.25) is 0 Å². The van der Waals surface area contributed by atoms with Crippen LogP contribution in [0, 0.1) is 0 Å². The van der Waals surface area contributed by atoms with Gasteiger partial charge in [-0.25, -0.2) is 0 Å². The smallest absolute Gasteiger partial charge is 0.0460 e. The van der Waals surface area contributed by atoms with Crippen molar-refractivity contribution in [2.75, 3.05) is 0 Å². The van der Waals surface area contributed by atoms with Crippen molar-refractivity contribution >= 4 is 6.08 Å². The van der Waals surface area contributed by atoms with Gasteiger partial charge in [-0.05, 0) is 37.5 Å². The van der Waals surface area contributed by atoms with Gasteiger partial charge in [-0.2, -0.15) is 0 Å². The first-order valence-corrected chi connectivity index (χ1v) is 5.99. The molecule has 1 rings (SSSR count). The van der Waals surface area contributed by atoms with Gasteiger partial charge in [0, 0.05) is 17.3 Å². The average Bonchev–Trinajstić information content (AvgIpc) is 2.15. The number of aromatic nitrogens is 1. The van der Waals surface area contributed by atoms with E-state index in [2.05, 4.69) is 58.7 Å². The fourth-order valence-corrected chi connectivity index (χ4v) is 1.66. The molecule has 1 aromatic rings.